The fraction of sp³-hybridized carbons (Fsp3) is 0.462. The quantitative estimate of drug-likeness (QED) is 0.852. The summed E-state index contributed by atoms with van der Waals surface area (Å²) in [6.45, 7) is 0.0931. The van der Waals surface area contributed by atoms with Gasteiger partial charge in [0, 0.05) is 6.07 Å². The molecule has 1 aliphatic carbocycles. The first-order chi connectivity index (χ1) is 8.31. The lowest BCUT2D eigenvalue weighted by Crippen LogP contribution is -2.25. The fourth-order valence-electron chi connectivity index (χ4n) is 2.33. The number of hydrogen-bond donors (Lipinski definition) is 1. The topological polar surface area (TPSA) is 47.6 Å². The van der Waals surface area contributed by atoms with Crippen LogP contribution in [0.25, 0.3) is 0 Å². The van der Waals surface area contributed by atoms with Gasteiger partial charge in [-0.1, -0.05) is 0 Å². The molecule has 0 unspecified atom stereocenters. The number of ether oxygens (including phenoxy) is 2. The van der Waals surface area contributed by atoms with E-state index in [4.69, 9.17) is 9.47 Å². The fourth-order valence-corrected chi connectivity index (χ4v) is 2.33. The minimum absolute atomic E-state index is 0.0931. The van der Waals surface area contributed by atoms with Gasteiger partial charge in [-0.25, -0.2) is 0 Å². The van der Waals surface area contributed by atoms with Gasteiger partial charge in [-0.15, -0.1) is 0 Å². The smallest absolute Gasteiger partial charge is 0.262 e. The van der Waals surface area contributed by atoms with Crippen LogP contribution in [-0.2, 0) is 4.79 Å². The SMILES string of the molecule is O=C1COc2ccc(OC3CCCC3)cc2N1. The molecule has 0 radical (unpaired) electrons. The number of amides is 1. The van der Waals surface area contributed by atoms with E-state index in [0.717, 1.165) is 18.6 Å². The number of nitrogens with one attached hydrogen (secondary N) is 1. The average Bonchev–Trinajstić information content (AvgIpc) is 2.81. The molecule has 0 spiro atoms. The minimum Gasteiger partial charge on any atom is -0.490 e. The second-order valence-corrected chi connectivity index (χ2v) is 4.52. The summed E-state index contributed by atoms with van der Waals surface area (Å²) >= 11 is 0. The third-order valence-electron chi connectivity index (χ3n) is 3.19. The third kappa shape index (κ3) is 2.20. The van der Waals surface area contributed by atoms with Crippen molar-refractivity contribution in [3.8, 4) is 11.5 Å². The van der Waals surface area contributed by atoms with Crippen LogP contribution in [0, 0.1) is 0 Å². The molecule has 2 aliphatic rings. The van der Waals surface area contributed by atoms with Crippen LogP contribution in [0.2, 0.25) is 0 Å². The first-order valence-corrected chi connectivity index (χ1v) is 6.04. The maximum atomic E-state index is 11.2. The summed E-state index contributed by atoms with van der Waals surface area (Å²) in [5, 5.41) is 2.78. The molecule has 0 aromatic heterocycles. The maximum absolute atomic E-state index is 11.2. The highest BCUT2D eigenvalue weighted by Gasteiger charge is 2.19. The van der Waals surface area contributed by atoms with Crippen molar-refractivity contribution in [3.63, 3.8) is 0 Å². The van der Waals surface area contributed by atoms with Crippen LogP contribution in [0.3, 0.4) is 0 Å². The second kappa shape index (κ2) is 4.28. The summed E-state index contributed by atoms with van der Waals surface area (Å²) in [6.07, 6.45) is 5.07. The first-order valence-electron chi connectivity index (χ1n) is 6.04. The molecular formula is C13H15NO3. The molecule has 0 saturated heterocycles. The molecule has 1 amide bonds. The molecule has 17 heavy (non-hydrogen) atoms. The Balaban J connectivity index is 1.77. The normalized spacial score (nSPS) is 19.4. The number of rotatable bonds is 2. The number of carbonyl (C=O) groups excluding carboxylic acids is 1. The monoisotopic (exact) mass is 233 g/mol. The Labute approximate surface area is 99.9 Å². The van der Waals surface area contributed by atoms with Crippen molar-refractivity contribution < 1.29 is 14.3 Å². The Kier molecular flexibility index (Phi) is 2.63. The summed E-state index contributed by atoms with van der Waals surface area (Å²) < 4.78 is 11.2. The van der Waals surface area contributed by atoms with E-state index in [-0.39, 0.29) is 12.5 Å². The van der Waals surface area contributed by atoms with E-state index < -0.39 is 0 Å². The second-order valence-electron chi connectivity index (χ2n) is 4.52. The molecule has 4 heteroatoms. The predicted molar refractivity (Wildman–Crippen MR) is 63.5 cm³/mol. The zero-order chi connectivity index (χ0) is 11.7. The number of benzene rings is 1. The van der Waals surface area contributed by atoms with Crippen molar-refractivity contribution in [1.29, 1.82) is 0 Å². The summed E-state index contributed by atoms with van der Waals surface area (Å²) in [7, 11) is 0. The summed E-state index contributed by atoms with van der Waals surface area (Å²) in [5.41, 5.74) is 0.705. The van der Waals surface area contributed by atoms with Gasteiger partial charge in [-0.2, -0.15) is 0 Å². The largest absolute Gasteiger partial charge is 0.490 e. The number of anilines is 1. The van der Waals surface area contributed by atoms with E-state index in [1.165, 1.54) is 12.8 Å². The standard InChI is InChI=1S/C13H15NO3/c15-13-8-16-12-6-5-10(7-11(12)14-13)17-9-3-1-2-4-9/h5-7,9H,1-4,8H2,(H,14,15). The van der Waals surface area contributed by atoms with E-state index >= 15 is 0 Å². The Morgan fingerprint density at radius 3 is 2.94 bits per heavy atom. The van der Waals surface area contributed by atoms with Gasteiger partial charge in [-0.05, 0) is 37.8 Å². The van der Waals surface area contributed by atoms with E-state index in [9.17, 15) is 4.79 Å². The molecule has 1 N–H and O–H groups in total. The van der Waals surface area contributed by atoms with Crippen molar-refractivity contribution in [3.05, 3.63) is 18.2 Å². The summed E-state index contributed by atoms with van der Waals surface area (Å²) in [4.78, 5) is 11.2. The van der Waals surface area contributed by atoms with Gasteiger partial charge in [0.15, 0.2) is 6.61 Å². The molecule has 1 aromatic carbocycles. The molecule has 0 bridgehead atoms. The molecule has 3 rings (SSSR count). The Morgan fingerprint density at radius 1 is 1.29 bits per heavy atom. The zero-order valence-electron chi connectivity index (χ0n) is 9.57. The molecule has 4 nitrogen and oxygen atoms in total. The summed E-state index contributed by atoms with van der Waals surface area (Å²) in [5.74, 6) is 1.40. The van der Waals surface area contributed by atoms with Crippen LogP contribution in [0.15, 0.2) is 18.2 Å². The lowest BCUT2D eigenvalue weighted by Gasteiger charge is -2.20. The Bertz CT molecular complexity index is 438. The van der Waals surface area contributed by atoms with Crippen LogP contribution >= 0.6 is 0 Å². The lowest BCUT2D eigenvalue weighted by atomic mass is 10.2. The van der Waals surface area contributed by atoms with E-state index in [1.54, 1.807) is 0 Å². The lowest BCUT2D eigenvalue weighted by molar-refractivity contribution is -0.118. The first kappa shape index (κ1) is 10.4. The summed E-state index contributed by atoms with van der Waals surface area (Å²) in [6, 6.07) is 5.58. The van der Waals surface area contributed by atoms with Crippen molar-refractivity contribution >= 4 is 11.6 Å². The van der Waals surface area contributed by atoms with Crippen molar-refractivity contribution in [2.45, 2.75) is 31.8 Å². The van der Waals surface area contributed by atoms with Crippen LogP contribution in [0.1, 0.15) is 25.7 Å². The van der Waals surface area contributed by atoms with Crippen LogP contribution in [0.5, 0.6) is 11.5 Å². The van der Waals surface area contributed by atoms with Gasteiger partial charge in [-0.3, -0.25) is 4.79 Å². The van der Waals surface area contributed by atoms with Crippen molar-refractivity contribution in [2.75, 3.05) is 11.9 Å². The predicted octanol–water partition coefficient (Wildman–Crippen LogP) is 2.34. The van der Waals surface area contributed by atoms with Gasteiger partial charge in [0.1, 0.15) is 11.5 Å². The van der Waals surface area contributed by atoms with Crippen molar-refractivity contribution in [1.82, 2.24) is 0 Å². The number of hydrogen-bond acceptors (Lipinski definition) is 3. The third-order valence-corrected chi connectivity index (χ3v) is 3.19. The van der Waals surface area contributed by atoms with Gasteiger partial charge >= 0.3 is 0 Å². The van der Waals surface area contributed by atoms with Gasteiger partial charge in [0.25, 0.3) is 5.91 Å². The highest BCUT2D eigenvalue weighted by Crippen LogP contribution is 2.33. The van der Waals surface area contributed by atoms with E-state index in [1.807, 2.05) is 18.2 Å². The molecule has 1 heterocycles. The minimum atomic E-state index is -0.115. The maximum Gasteiger partial charge on any atom is 0.262 e. The highest BCUT2D eigenvalue weighted by atomic mass is 16.5. The molecule has 1 fully saturated rings. The molecule has 1 saturated carbocycles. The average molecular weight is 233 g/mol. The highest BCUT2D eigenvalue weighted by molar-refractivity contribution is 5.95. The van der Waals surface area contributed by atoms with E-state index in [2.05, 4.69) is 5.32 Å². The number of carbonyl (C=O) groups is 1. The van der Waals surface area contributed by atoms with Crippen LogP contribution < -0.4 is 14.8 Å². The molecule has 1 aromatic rings. The van der Waals surface area contributed by atoms with Crippen molar-refractivity contribution in [2.24, 2.45) is 0 Å². The Hall–Kier alpha value is -1.71. The van der Waals surface area contributed by atoms with Crippen LogP contribution in [-0.4, -0.2) is 18.6 Å². The van der Waals surface area contributed by atoms with Gasteiger partial charge in [0.05, 0.1) is 11.8 Å². The van der Waals surface area contributed by atoms with E-state index in [0.29, 0.717) is 17.5 Å². The van der Waals surface area contributed by atoms with Crippen LogP contribution in [0.4, 0.5) is 5.69 Å². The van der Waals surface area contributed by atoms with Gasteiger partial charge < -0.3 is 14.8 Å². The van der Waals surface area contributed by atoms with Gasteiger partial charge in [0.2, 0.25) is 0 Å². The molecule has 90 valence electrons. The Morgan fingerprint density at radius 2 is 2.12 bits per heavy atom. The molecule has 1 aliphatic heterocycles. The molecule has 0 atom stereocenters. The molecular weight excluding hydrogens is 218 g/mol. The zero-order valence-corrected chi connectivity index (χ0v) is 9.57. The number of fused-ring (bicyclic) bond motifs is 1.